The topological polar surface area (TPSA) is 38.9 Å². The Bertz CT molecular complexity index is 3420. The van der Waals surface area contributed by atoms with Crippen LogP contribution in [0.3, 0.4) is 0 Å². The lowest BCUT2D eigenvalue weighted by atomic mass is 9.67. The molecule has 2 aromatic heterocycles. The second-order valence-electron chi connectivity index (χ2n) is 16.0. The van der Waals surface area contributed by atoms with E-state index in [0.29, 0.717) is 5.82 Å². The summed E-state index contributed by atoms with van der Waals surface area (Å²) in [5.74, 6) is 0.680. The maximum Gasteiger partial charge on any atom is 0.160 e. The quantitative estimate of drug-likeness (QED) is 0.161. The smallest absolute Gasteiger partial charge is 0.160 e. The summed E-state index contributed by atoms with van der Waals surface area (Å²) in [6.07, 6.45) is 0. The van der Waals surface area contributed by atoms with Gasteiger partial charge < -0.3 is 4.42 Å². The molecular formula is C59H38N2O. The highest BCUT2D eigenvalue weighted by molar-refractivity contribution is 6.07. The molecule has 0 radical (unpaired) electrons. The zero-order chi connectivity index (χ0) is 41.0. The van der Waals surface area contributed by atoms with Crippen LogP contribution in [0.4, 0.5) is 0 Å². The average molecular weight is 791 g/mol. The van der Waals surface area contributed by atoms with E-state index in [1.807, 2.05) is 18.2 Å². The number of fused-ring (bicyclic) bond motifs is 6. The predicted octanol–water partition coefficient (Wildman–Crippen LogP) is 15.1. The van der Waals surface area contributed by atoms with Crippen molar-refractivity contribution in [3.05, 3.63) is 253 Å². The van der Waals surface area contributed by atoms with Crippen LogP contribution >= 0.6 is 0 Å². The van der Waals surface area contributed by atoms with Crippen LogP contribution in [-0.2, 0) is 5.41 Å². The number of para-hydroxylation sites is 1. The Morgan fingerprint density at radius 3 is 1.58 bits per heavy atom. The zero-order valence-electron chi connectivity index (χ0n) is 33.7. The maximum atomic E-state index is 6.21. The lowest BCUT2D eigenvalue weighted by Gasteiger charge is -2.34. The van der Waals surface area contributed by atoms with Crippen LogP contribution < -0.4 is 0 Å². The van der Waals surface area contributed by atoms with E-state index >= 15 is 0 Å². The van der Waals surface area contributed by atoms with Gasteiger partial charge in [-0.25, -0.2) is 9.97 Å². The molecule has 0 N–H and O–H groups in total. The summed E-state index contributed by atoms with van der Waals surface area (Å²) < 4.78 is 6.21. The minimum atomic E-state index is -0.523. The van der Waals surface area contributed by atoms with Gasteiger partial charge in [-0.1, -0.05) is 200 Å². The molecular weight excluding hydrogens is 753 g/mol. The van der Waals surface area contributed by atoms with Gasteiger partial charge in [-0.3, -0.25) is 0 Å². The first kappa shape index (κ1) is 35.8. The predicted molar refractivity (Wildman–Crippen MR) is 254 cm³/mol. The van der Waals surface area contributed by atoms with Crippen LogP contribution in [0.2, 0.25) is 0 Å². The monoisotopic (exact) mass is 790 g/mol. The van der Waals surface area contributed by atoms with Crippen LogP contribution in [0.1, 0.15) is 22.3 Å². The molecule has 0 spiro atoms. The molecule has 0 atom stereocenters. The number of aromatic nitrogens is 2. The van der Waals surface area contributed by atoms with E-state index in [9.17, 15) is 0 Å². The normalized spacial score (nSPS) is 12.6. The third-order valence-electron chi connectivity index (χ3n) is 12.6. The Hall–Kier alpha value is -8.14. The highest BCUT2D eigenvalue weighted by Crippen LogP contribution is 2.56. The molecule has 62 heavy (non-hydrogen) atoms. The molecule has 2 heterocycles. The van der Waals surface area contributed by atoms with Gasteiger partial charge in [0.1, 0.15) is 11.2 Å². The molecule has 0 saturated carbocycles. The van der Waals surface area contributed by atoms with Gasteiger partial charge in [-0.15, -0.1) is 0 Å². The fourth-order valence-electron chi connectivity index (χ4n) is 9.86. The summed E-state index contributed by atoms with van der Waals surface area (Å²) in [5.41, 5.74) is 18.0. The van der Waals surface area contributed by atoms with Crippen LogP contribution in [0.5, 0.6) is 0 Å². The fourth-order valence-corrected chi connectivity index (χ4v) is 9.86. The van der Waals surface area contributed by atoms with Crippen molar-refractivity contribution >= 4 is 21.9 Å². The zero-order valence-corrected chi connectivity index (χ0v) is 33.7. The summed E-state index contributed by atoms with van der Waals surface area (Å²) in [6.45, 7) is 0. The number of nitrogens with zero attached hydrogens (tertiary/aromatic N) is 2. The first-order chi connectivity index (χ1) is 30.7. The van der Waals surface area contributed by atoms with Crippen molar-refractivity contribution in [2.24, 2.45) is 0 Å². The Balaban J connectivity index is 1.06. The maximum absolute atomic E-state index is 6.21. The second kappa shape index (κ2) is 14.5. The standard InChI is InChI=1S/C59H38N2O/c1-4-18-39(19-5-1)58-60-54(41-32-34-48-47-27-14-16-30-52(47)59(53(48)37-41,42-20-6-2-7-21-42)43-22-8-3-9-23-43)38-55(61-58)49-28-13-12-26-46(49)45-25-11-10-24-44(45)40-33-35-57-51(36-40)50-29-15-17-31-56(50)62-57/h1-38H. The molecule has 290 valence electrons. The van der Waals surface area contributed by atoms with Crippen LogP contribution in [0, 0.1) is 0 Å². The van der Waals surface area contributed by atoms with Gasteiger partial charge in [-0.2, -0.15) is 0 Å². The van der Waals surface area contributed by atoms with Gasteiger partial charge in [0.05, 0.1) is 16.8 Å². The Kier molecular flexibility index (Phi) is 8.39. The van der Waals surface area contributed by atoms with Crippen LogP contribution in [-0.4, -0.2) is 9.97 Å². The summed E-state index contributed by atoms with van der Waals surface area (Å²) in [4.78, 5) is 10.7. The third kappa shape index (κ3) is 5.67. The Labute approximate surface area is 360 Å². The van der Waals surface area contributed by atoms with Crippen molar-refractivity contribution in [2.45, 2.75) is 5.41 Å². The SMILES string of the molecule is c1ccc(-c2nc(-c3ccc4c(c3)C(c3ccccc3)(c3ccccc3)c3ccccc3-4)cc(-c3ccccc3-c3ccccc3-c3ccc4oc5ccccc5c4c3)n2)cc1. The van der Waals surface area contributed by atoms with Crippen molar-refractivity contribution in [1.29, 1.82) is 0 Å². The van der Waals surface area contributed by atoms with Gasteiger partial charge in [0.25, 0.3) is 0 Å². The number of rotatable bonds is 7. The van der Waals surface area contributed by atoms with Crippen molar-refractivity contribution in [3.8, 4) is 67.3 Å². The number of furan rings is 1. The molecule has 0 unspecified atom stereocenters. The van der Waals surface area contributed by atoms with Crippen LogP contribution in [0.25, 0.3) is 89.2 Å². The molecule has 3 heteroatoms. The molecule has 1 aliphatic rings. The Morgan fingerprint density at radius 1 is 0.306 bits per heavy atom. The molecule has 12 rings (SSSR count). The molecule has 0 bridgehead atoms. The van der Waals surface area contributed by atoms with Crippen molar-refractivity contribution in [1.82, 2.24) is 9.97 Å². The van der Waals surface area contributed by atoms with E-state index < -0.39 is 5.41 Å². The molecule has 11 aromatic rings. The van der Waals surface area contributed by atoms with Crippen molar-refractivity contribution in [3.63, 3.8) is 0 Å². The van der Waals surface area contributed by atoms with E-state index in [0.717, 1.165) is 72.3 Å². The van der Waals surface area contributed by atoms with E-state index in [-0.39, 0.29) is 0 Å². The van der Waals surface area contributed by atoms with Gasteiger partial charge in [0.2, 0.25) is 0 Å². The highest BCUT2D eigenvalue weighted by Gasteiger charge is 2.46. The summed E-state index contributed by atoms with van der Waals surface area (Å²) in [7, 11) is 0. The largest absolute Gasteiger partial charge is 0.456 e. The number of hydrogen-bond donors (Lipinski definition) is 0. The van der Waals surface area contributed by atoms with Crippen LogP contribution in [0.15, 0.2) is 235 Å². The van der Waals surface area contributed by atoms with E-state index in [1.54, 1.807) is 0 Å². The first-order valence-electron chi connectivity index (χ1n) is 21.1. The summed E-state index contributed by atoms with van der Waals surface area (Å²) in [5, 5.41) is 2.22. The molecule has 0 aliphatic heterocycles. The summed E-state index contributed by atoms with van der Waals surface area (Å²) >= 11 is 0. The van der Waals surface area contributed by atoms with Gasteiger partial charge in [-0.05, 0) is 86.0 Å². The second-order valence-corrected chi connectivity index (χ2v) is 16.0. The first-order valence-corrected chi connectivity index (χ1v) is 21.1. The Morgan fingerprint density at radius 2 is 0.839 bits per heavy atom. The number of benzene rings is 9. The van der Waals surface area contributed by atoms with Gasteiger partial charge in [0.15, 0.2) is 5.82 Å². The van der Waals surface area contributed by atoms with E-state index in [4.69, 9.17) is 14.4 Å². The molecule has 1 aliphatic carbocycles. The lowest BCUT2D eigenvalue weighted by molar-refractivity contribution is 0.669. The average Bonchev–Trinajstić information content (AvgIpc) is 3.88. The number of hydrogen-bond acceptors (Lipinski definition) is 3. The minimum Gasteiger partial charge on any atom is -0.456 e. The van der Waals surface area contributed by atoms with Gasteiger partial charge >= 0.3 is 0 Å². The minimum absolute atomic E-state index is 0.523. The fraction of sp³-hybridized carbons (Fsp3) is 0.0169. The lowest BCUT2D eigenvalue weighted by Crippen LogP contribution is -2.28. The van der Waals surface area contributed by atoms with E-state index in [1.165, 1.54) is 33.4 Å². The molecule has 0 saturated heterocycles. The molecule has 9 aromatic carbocycles. The highest BCUT2D eigenvalue weighted by atomic mass is 16.3. The van der Waals surface area contributed by atoms with Gasteiger partial charge in [0, 0.05) is 27.5 Å². The van der Waals surface area contributed by atoms with Crippen molar-refractivity contribution in [2.75, 3.05) is 0 Å². The third-order valence-corrected chi connectivity index (χ3v) is 12.6. The molecule has 0 fully saturated rings. The van der Waals surface area contributed by atoms with Crippen molar-refractivity contribution < 1.29 is 4.42 Å². The molecule has 3 nitrogen and oxygen atoms in total. The molecule has 0 amide bonds. The van der Waals surface area contributed by atoms with E-state index in [2.05, 4.69) is 212 Å². The summed E-state index contributed by atoms with van der Waals surface area (Å²) in [6, 6.07) is 82.3.